The first-order valence-electron chi connectivity index (χ1n) is 8.79. The minimum atomic E-state index is -3.46. The summed E-state index contributed by atoms with van der Waals surface area (Å²) in [6.07, 6.45) is 4.44. The molecular formula is C17H23N5O3S2. The monoisotopic (exact) mass is 409 g/mol. The lowest BCUT2D eigenvalue weighted by atomic mass is 10.2. The lowest BCUT2D eigenvalue weighted by Crippen LogP contribution is -2.35. The van der Waals surface area contributed by atoms with Crippen LogP contribution >= 0.6 is 11.8 Å². The number of rotatable bonds is 6. The number of carbonyl (C=O) groups excluding carboxylic acids is 1. The number of piperidine rings is 1. The van der Waals surface area contributed by atoms with Gasteiger partial charge in [-0.2, -0.15) is 4.31 Å². The number of aromatic nitrogens is 3. The number of nitrogens with one attached hydrogen (secondary N) is 1. The molecule has 146 valence electrons. The third-order valence-corrected chi connectivity index (χ3v) is 7.46. The van der Waals surface area contributed by atoms with Gasteiger partial charge in [0.2, 0.25) is 15.9 Å². The Morgan fingerprint density at radius 2 is 1.85 bits per heavy atom. The third kappa shape index (κ3) is 4.69. The lowest BCUT2D eigenvalue weighted by Gasteiger charge is -2.25. The first-order chi connectivity index (χ1) is 12.9. The van der Waals surface area contributed by atoms with Crippen molar-refractivity contribution in [1.29, 1.82) is 0 Å². The van der Waals surface area contributed by atoms with Crippen LogP contribution in [0.15, 0.2) is 40.6 Å². The Hall–Kier alpha value is -1.91. The van der Waals surface area contributed by atoms with Crippen molar-refractivity contribution in [2.45, 2.75) is 41.5 Å². The summed E-state index contributed by atoms with van der Waals surface area (Å²) < 4.78 is 28.6. The first kappa shape index (κ1) is 19.8. The molecule has 1 aliphatic rings. The van der Waals surface area contributed by atoms with E-state index in [9.17, 15) is 13.2 Å². The van der Waals surface area contributed by atoms with E-state index in [1.54, 1.807) is 42.1 Å². The van der Waals surface area contributed by atoms with E-state index in [1.165, 1.54) is 16.1 Å². The maximum atomic E-state index is 12.7. The molecule has 2 aromatic rings. The lowest BCUT2D eigenvalue weighted by molar-refractivity contribution is -0.115. The summed E-state index contributed by atoms with van der Waals surface area (Å²) in [6.45, 7) is 2.92. The number of benzene rings is 1. The summed E-state index contributed by atoms with van der Waals surface area (Å²) in [4.78, 5) is 12.6. The highest BCUT2D eigenvalue weighted by Crippen LogP contribution is 2.24. The number of hydrogen-bond acceptors (Lipinski definition) is 6. The van der Waals surface area contributed by atoms with Gasteiger partial charge >= 0.3 is 0 Å². The fourth-order valence-electron chi connectivity index (χ4n) is 2.80. The van der Waals surface area contributed by atoms with Gasteiger partial charge in [-0.05, 0) is 44.0 Å². The highest BCUT2D eigenvalue weighted by atomic mass is 32.2. The average Bonchev–Trinajstić information content (AvgIpc) is 3.07. The van der Waals surface area contributed by atoms with Gasteiger partial charge in [0.05, 0.1) is 10.1 Å². The normalized spacial score (nSPS) is 16.8. The Kier molecular flexibility index (Phi) is 6.18. The van der Waals surface area contributed by atoms with Crippen LogP contribution in [0.2, 0.25) is 0 Å². The number of nitrogens with zero attached hydrogens (tertiary/aromatic N) is 4. The molecule has 2 heterocycles. The molecule has 1 fully saturated rings. The molecule has 0 spiro atoms. The van der Waals surface area contributed by atoms with Crippen molar-refractivity contribution in [3.8, 4) is 0 Å². The molecule has 1 atom stereocenters. The smallest absolute Gasteiger partial charge is 0.243 e. The second-order valence-corrected chi connectivity index (χ2v) is 9.71. The fourth-order valence-corrected chi connectivity index (χ4v) is 5.11. The Bertz CT molecular complexity index is 890. The highest BCUT2D eigenvalue weighted by molar-refractivity contribution is 8.00. The van der Waals surface area contributed by atoms with Crippen LogP contribution in [-0.2, 0) is 21.9 Å². The van der Waals surface area contributed by atoms with Gasteiger partial charge in [-0.15, -0.1) is 10.2 Å². The van der Waals surface area contributed by atoms with Gasteiger partial charge in [0.15, 0.2) is 5.16 Å². The Labute approximate surface area is 163 Å². The zero-order valence-corrected chi connectivity index (χ0v) is 17.0. The number of hydrogen-bond donors (Lipinski definition) is 1. The number of thioether (sulfide) groups is 1. The highest BCUT2D eigenvalue weighted by Gasteiger charge is 2.26. The SMILES string of the molecule is CC(Sc1nncn1C)C(=O)Nc1ccc(S(=O)(=O)N2CCCCC2)cc1. The van der Waals surface area contributed by atoms with E-state index in [4.69, 9.17) is 0 Å². The molecule has 0 bridgehead atoms. The van der Waals surface area contributed by atoms with E-state index in [-0.39, 0.29) is 16.1 Å². The molecule has 10 heteroatoms. The second-order valence-electron chi connectivity index (χ2n) is 6.46. The van der Waals surface area contributed by atoms with E-state index in [2.05, 4.69) is 15.5 Å². The molecule has 27 heavy (non-hydrogen) atoms. The van der Waals surface area contributed by atoms with E-state index >= 15 is 0 Å². The topological polar surface area (TPSA) is 97.2 Å². The van der Waals surface area contributed by atoms with Crippen molar-refractivity contribution in [3.63, 3.8) is 0 Å². The summed E-state index contributed by atoms with van der Waals surface area (Å²) >= 11 is 1.31. The van der Waals surface area contributed by atoms with Gasteiger partial charge in [0.25, 0.3) is 0 Å². The first-order valence-corrected chi connectivity index (χ1v) is 11.1. The fraction of sp³-hybridized carbons (Fsp3) is 0.471. The second kappa shape index (κ2) is 8.41. The number of carbonyl (C=O) groups is 1. The third-order valence-electron chi connectivity index (χ3n) is 4.40. The van der Waals surface area contributed by atoms with Crippen LogP contribution in [0.1, 0.15) is 26.2 Å². The van der Waals surface area contributed by atoms with E-state index in [0.29, 0.717) is 23.9 Å². The van der Waals surface area contributed by atoms with Crippen molar-refractivity contribution in [2.24, 2.45) is 7.05 Å². The van der Waals surface area contributed by atoms with Crippen LogP contribution < -0.4 is 5.32 Å². The van der Waals surface area contributed by atoms with Gasteiger partial charge < -0.3 is 9.88 Å². The standard InChI is InChI=1S/C17H23N5O3S2/c1-13(26-17-20-18-12-21(17)2)16(23)19-14-6-8-15(9-7-14)27(24,25)22-10-4-3-5-11-22/h6-9,12-13H,3-5,10-11H2,1-2H3,(H,19,23). The molecule has 1 aromatic heterocycles. The number of amides is 1. The molecule has 0 aliphatic carbocycles. The Balaban J connectivity index is 1.63. The van der Waals surface area contributed by atoms with Crippen molar-refractivity contribution < 1.29 is 13.2 Å². The minimum absolute atomic E-state index is 0.186. The quantitative estimate of drug-likeness (QED) is 0.734. The Morgan fingerprint density at radius 1 is 1.19 bits per heavy atom. The predicted octanol–water partition coefficient (Wildman–Crippen LogP) is 2.11. The van der Waals surface area contributed by atoms with E-state index in [1.807, 2.05) is 7.05 Å². The van der Waals surface area contributed by atoms with Gasteiger partial charge in [-0.1, -0.05) is 18.2 Å². The van der Waals surface area contributed by atoms with Crippen LogP contribution in [-0.4, -0.2) is 51.7 Å². The molecule has 1 saturated heterocycles. The maximum absolute atomic E-state index is 12.7. The van der Waals surface area contributed by atoms with Crippen molar-refractivity contribution in [3.05, 3.63) is 30.6 Å². The van der Waals surface area contributed by atoms with Gasteiger partial charge in [0, 0.05) is 25.8 Å². The molecule has 3 rings (SSSR count). The average molecular weight is 410 g/mol. The molecular weight excluding hydrogens is 386 g/mol. The van der Waals surface area contributed by atoms with Crippen LogP contribution in [0, 0.1) is 0 Å². The maximum Gasteiger partial charge on any atom is 0.243 e. The van der Waals surface area contributed by atoms with Gasteiger partial charge in [0.1, 0.15) is 6.33 Å². The summed E-state index contributed by atoms with van der Waals surface area (Å²) in [7, 11) is -1.65. The van der Waals surface area contributed by atoms with Crippen LogP contribution in [0.4, 0.5) is 5.69 Å². The summed E-state index contributed by atoms with van der Waals surface area (Å²) in [5.74, 6) is -0.186. The zero-order chi connectivity index (χ0) is 19.4. The molecule has 1 unspecified atom stereocenters. The predicted molar refractivity (Wildman–Crippen MR) is 104 cm³/mol. The molecule has 0 saturated carbocycles. The van der Waals surface area contributed by atoms with E-state index in [0.717, 1.165) is 19.3 Å². The molecule has 1 N–H and O–H groups in total. The summed E-state index contributed by atoms with van der Waals surface area (Å²) in [5, 5.41) is 10.8. The molecule has 1 amide bonds. The van der Waals surface area contributed by atoms with Crippen molar-refractivity contribution in [2.75, 3.05) is 18.4 Å². The van der Waals surface area contributed by atoms with Crippen LogP contribution in [0.25, 0.3) is 0 Å². The number of aryl methyl sites for hydroxylation is 1. The minimum Gasteiger partial charge on any atom is -0.325 e. The molecule has 1 aliphatic heterocycles. The van der Waals surface area contributed by atoms with Crippen LogP contribution in [0.5, 0.6) is 0 Å². The molecule has 8 nitrogen and oxygen atoms in total. The van der Waals surface area contributed by atoms with Crippen LogP contribution in [0.3, 0.4) is 0 Å². The molecule has 0 radical (unpaired) electrons. The number of sulfonamides is 1. The molecule has 1 aromatic carbocycles. The summed E-state index contributed by atoms with van der Waals surface area (Å²) in [5.41, 5.74) is 0.558. The van der Waals surface area contributed by atoms with Gasteiger partial charge in [-0.3, -0.25) is 4.79 Å². The zero-order valence-electron chi connectivity index (χ0n) is 15.3. The largest absolute Gasteiger partial charge is 0.325 e. The Morgan fingerprint density at radius 3 is 2.44 bits per heavy atom. The number of anilines is 1. The summed E-state index contributed by atoms with van der Waals surface area (Å²) in [6, 6.07) is 6.32. The van der Waals surface area contributed by atoms with E-state index < -0.39 is 10.0 Å². The van der Waals surface area contributed by atoms with Crippen molar-refractivity contribution >= 4 is 33.4 Å². The van der Waals surface area contributed by atoms with Crippen molar-refractivity contribution in [1.82, 2.24) is 19.1 Å². The van der Waals surface area contributed by atoms with Gasteiger partial charge in [-0.25, -0.2) is 8.42 Å².